The summed E-state index contributed by atoms with van der Waals surface area (Å²) in [4.78, 5) is 12.4. The van der Waals surface area contributed by atoms with Gasteiger partial charge >= 0.3 is 0 Å². The largest absolute Gasteiger partial charge is 0.508 e. The average molecular weight is 314 g/mol. The molecule has 0 fully saturated rings. The summed E-state index contributed by atoms with van der Waals surface area (Å²) in [5.74, 6) is -0.811. The van der Waals surface area contributed by atoms with E-state index in [1.165, 1.54) is 30.3 Å². The van der Waals surface area contributed by atoms with Crippen LogP contribution in [0.25, 0.3) is 22.3 Å². The fourth-order valence-corrected chi connectivity index (χ4v) is 2.49. The minimum absolute atomic E-state index is 0.0392. The maximum atomic E-state index is 12.4. The second kappa shape index (κ2) is 4.57. The summed E-state index contributed by atoms with van der Waals surface area (Å²) in [7, 11) is 0. The molecule has 7 heteroatoms. The van der Waals surface area contributed by atoms with Crippen molar-refractivity contribution in [3.8, 4) is 40.1 Å². The van der Waals surface area contributed by atoms with Crippen LogP contribution in [0.2, 0.25) is 0 Å². The van der Waals surface area contributed by atoms with Crippen LogP contribution in [-0.4, -0.2) is 22.1 Å². The van der Waals surface area contributed by atoms with Gasteiger partial charge in [-0.3, -0.25) is 4.79 Å². The highest BCUT2D eigenvalue weighted by atomic mass is 16.7. The Bertz CT molecular complexity index is 986. The molecule has 2 aromatic carbocycles. The van der Waals surface area contributed by atoms with Crippen molar-refractivity contribution >= 4 is 11.0 Å². The molecule has 116 valence electrons. The molecule has 1 aliphatic rings. The summed E-state index contributed by atoms with van der Waals surface area (Å²) in [6.07, 6.45) is 0. The Hall–Kier alpha value is -3.35. The SMILES string of the molecule is O=c1c(O)c(-c2ccc(O)cc2)oc2cc3c(c(O)c12)OCO3. The summed E-state index contributed by atoms with van der Waals surface area (Å²) in [6.45, 7) is -0.0792. The van der Waals surface area contributed by atoms with E-state index < -0.39 is 16.9 Å². The number of hydrogen-bond acceptors (Lipinski definition) is 7. The summed E-state index contributed by atoms with van der Waals surface area (Å²) >= 11 is 0. The molecule has 2 heterocycles. The molecule has 0 radical (unpaired) electrons. The first-order valence-electron chi connectivity index (χ1n) is 6.67. The minimum Gasteiger partial charge on any atom is -0.508 e. The molecule has 0 amide bonds. The molecular weight excluding hydrogens is 304 g/mol. The van der Waals surface area contributed by atoms with Crippen LogP contribution in [0.15, 0.2) is 39.5 Å². The van der Waals surface area contributed by atoms with Crippen LogP contribution >= 0.6 is 0 Å². The smallest absolute Gasteiger partial charge is 0.238 e. The normalized spacial score (nSPS) is 12.7. The van der Waals surface area contributed by atoms with E-state index in [1.54, 1.807) is 0 Å². The number of phenols is 2. The van der Waals surface area contributed by atoms with E-state index >= 15 is 0 Å². The van der Waals surface area contributed by atoms with Crippen LogP contribution < -0.4 is 14.9 Å². The molecule has 0 saturated carbocycles. The topological polar surface area (TPSA) is 109 Å². The lowest BCUT2D eigenvalue weighted by Crippen LogP contribution is -2.03. The molecule has 0 bridgehead atoms. The van der Waals surface area contributed by atoms with Crippen molar-refractivity contribution in [3.05, 3.63) is 40.6 Å². The molecule has 23 heavy (non-hydrogen) atoms. The molecule has 0 atom stereocenters. The van der Waals surface area contributed by atoms with Gasteiger partial charge in [0, 0.05) is 11.6 Å². The number of benzene rings is 2. The molecular formula is C16H10O7. The van der Waals surface area contributed by atoms with E-state index in [0.29, 0.717) is 5.56 Å². The van der Waals surface area contributed by atoms with Crippen LogP contribution in [0.4, 0.5) is 0 Å². The first-order valence-corrected chi connectivity index (χ1v) is 6.67. The molecule has 0 spiro atoms. The fourth-order valence-electron chi connectivity index (χ4n) is 2.49. The van der Waals surface area contributed by atoms with Gasteiger partial charge in [-0.15, -0.1) is 0 Å². The van der Waals surface area contributed by atoms with Gasteiger partial charge in [0.2, 0.25) is 23.7 Å². The molecule has 0 unspecified atom stereocenters. The minimum atomic E-state index is -0.787. The van der Waals surface area contributed by atoms with Crippen LogP contribution in [0.3, 0.4) is 0 Å². The lowest BCUT2D eigenvalue weighted by Gasteiger charge is -2.08. The highest BCUT2D eigenvalue weighted by Gasteiger charge is 2.26. The Morgan fingerprint density at radius 1 is 0.957 bits per heavy atom. The Kier molecular flexibility index (Phi) is 2.65. The third kappa shape index (κ3) is 1.87. The van der Waals surface area contributed by atoms with Crippen molar-refractivity contribution in [2.75, 3.05) is 6.79 Å². The van der Waals surface area contributed by atoms with Gasteiger partial charge in [0.25, 0.3) is 0 Å². The molecule has 7 nitrogen and oxygen atoms in total. The number of fused-ring (bicyclic) bond motifs is 2. The zero-order valence-corrected chi connectivity index (χ0v) is 11.6. The summed E-state index contributed by atoms with van der Waals surface area (Å²) in [5.41, 5.74) is -0.334. The van der Waals surface area contributed by atoms with Gasteiger partial charge in [-0.25, -0.2) is 0 Å². The van der Waals surface area contributed by atoms with Gasteiger partial charge < -0.3 is 29.2 Å². The summed E-state index contributed by atoms with van der Waals surface area (Å²) in [5, 5.41) is 29.4. The van der Waals surface area contributed by atoms with Crippen molar-refractivity contribution in [1.29, 1.82) is 0 Å². The molecule has 1 aliphatic heterocycles. The van der Waals surface area contributed by atoms with Crippen LogP contribution in [0.5, 0.6) is 28.7 Å². The summed E-state index contributed by atoms with van der Waals surface area (Å²) < 4.78 is 15.9. The van der Waals surface area contributed by atoms with Crippen LogP contribution in [0.1, 0.15) is 0 Å². The molecule has 4 rings (SSSR count). The number of hydrogen-bond donors (Lipinski definition) is 3. The fraction of sp³-hybridized carbons (Fsp3) is 0.0625. The van der Waals surface area contributed by atoms with E-state index in [-0.39, 0.29) is 40.8 Å². The number of rotatable bonds is 1. The van der Waals surface area contributed by atoms with Gasteiger partial charge in [-0.1, -0.05) is 0 Å². The standard InChI is InChI=1S/C16H10O7/c17-8-3-1-7(2-4-8)15-14(20)12(18)11-9(23-15)5-10-16(13(11)19)22-6-21-10/h1-5,17,19-20H,6H2. The monoisotopic (exact) mass is 314 g/mol. The van der Waals surface area contributed by atoms with Crippen molar-refractivity contribution in [2.45, 2.75) is 0 Å². The number of ether oxygens (including phenoxy) is 2. The first kappa shape index (κ1) is 13.3. The second-order valence-corrected chi connectivity index (χ2v) is 4.99. The Morgan fingerprint density at radius 3 is 2.43 bits per heavy atom. The van der Waals surface area contributed by atoms with Crippen molar-refractivity contribution < 1.29 is 29.2 Å². The summed E-state index contributed by atoms with van der Waals surface area (Å²) in [6, 6.07) is 7.20. The third-order valence-corrected chi connectivity index (χ3v) is 3.60. The van der Waals surface area contributed by atoms with Crippen molar-refractivity contribution in [1.82, 2.24) is 0 Å². The average Bonchev–Trinajstić information content (AvgIpc) is 3.00. The van der Waals surface area contributed by atoms with Gasteiger partial charge in [-0.05, 0) is 24.3 Å². The molecule has 1 aromatic heterocycles. The predicted octanol–water partition coefficient (Wildman–Crippen LogP) is 2.31. The highest BCUT2D eigenvalue weighted by molar-refractivity contribution is 5.91. The third-order valence-electron chi connectivity index (χ3n) is 3.60. The lowest BCUT2D eigenvalue weighted by molar-refractivity contribution is 0.171. The molecule has 0 saturated heterocycles. The number of aromatic hydroxyl groups is 3. The van der Waals surface area contributed by atoms with Crippen LogP contribution in [0, 0.1) is 0 Å². The van der Waals surface area contributed by atoms with E-state index in [4.69, 9.17) is 13.9 Å². The Balaban J connectivity index is 2.05. The maximum Gasteiger partial charge on any atom is 0.238 e. The van der Waals surface area contributed by atoms with Crippen LogP contribution in [-0.2, 0) is 0 Å². The van der Waals surface area contributed by atoms with Gasteiger partial charge in [-0.2, -0.15) is 0 Å². The van der Waals surface area contributed by atoms with E-state index in [2.05, 4.69) is 0 Å². The van der Waals surface area contributed by atoms with Gasteiger partial charge in [0.05, 0.1) is 0 Å². The Labute approximate surface area is 128 Å². The predicted molar refractivity (Wildman–Crippen MR) is 79.0 cm³/mol. The number of phenolic OH excluding ortho intramolecular Hbond substituents is 2. The zero-order chi connectivity index (χ0) is 16.1. The first-order chi connectivity index (χ1) is 11.1. The molecule has 3 aromatic rings. The Morgan fingerprint density at radius 2 is 1.70 bits per heavy atom. The molecule has 3 N–H and O–H groups in total. The van der Waals surface area contributed by atoms with E-state index in [0.717, 1.165) is 0 Å². The van der Waals surface area contributed by atoms with Gasteiger partial charge in [0.1, 0.15) is 16.7 Å². The molecule has 0 aliphatic carbocycles. The zero-order valence-electron chi connectivity index (χ0n) is 11.6. The maximum absolute atomic E-state index is 12.4. The van der Waals surface area contributed by atoms with E-state index in [1.807, 2.05) is 0 Å². The van der Waals surface area contributed by atoms with Crippen molar-refractivity contribution in [2.24, 2.45) is 0 Å². The van der Waals surface area contributed by atoms with Crippen molar-refractivity contribution in [3.63, 3.8) is 0 Å². The van der Waals surface area contributed by atoms with Gasteiger partial charge in [0.15, 0.2) is 17.3 Å². The lowest BCUT2D eigenvalue weighted by atomic mass is 10.1. The van der Waals surface area contributed by atoms with E-state index in [9.17, 15) is 20.1 Å². The quantitative estimate of drug-likeness (QED) is 0.632. The second-order valence-electron chi connectivity index (χ2n) is 4.99. The highest BCUT2D eigenvalue weighted by Crippen LogP contribution is 2.46.